The van der Waals surface area contributed by atoms with Gasteiger partial charge in [0, 0.05) is 11.0 Å². The highest BCUT2D eigenvalue weighted by atomic mass is 32.2. The Hall–Kier alpha value is -2.61. The number of hydrogen-bond acceptors (Lipinski definition) is 5. The van der Waals surface area contributed by atoms with Crippen molar-refractivity contribution in [3.8, 4) is 11.3 Å². The Bertz CT molecular complexity index is 894. The number of aromatic amines is 1. The molecule has 2 aromatic rings. The van der Waals surface area contributed by atoms with Crippen molar-refractivity contribution in [2.24, 2.45) is 0 Å². The van der Waals surface area contributed by atoms with Gasteiger partial charge in [-0.3, -0.25) is 9.59 Å². The Morgan fingerprint density at radius 2 is 2.14 bits per heavy atom. The van der Waals surface area contributed by atoms with Gasteiger partial charge in [0.2, 0.25) is 0 Å². The lowest BCUT2D eigenvalue weighted by Gasteiger charge is -2.09. The van der Waals surface area contributed by atoms with Gasteiger partial charge in [-0.05, 0) is 24.3 Å². The van der Waals surface area contributed by atoms with E-state index >= 15 is 0 Å². The van der Waals surface area contributed by atoms with Crippen LogP contribution in [-0.2, 0) is 9.84 Å². The third kappa shape index (κ3) is 2.86. The van der Waals surface area contributed by atoms with Crippen molar-refractivity contribution in [1.82, 2.24) is 10.3 Å². The summed E-state index contributed by atoms with van der Waals surface area (Å²) in [5.41, 5.74) is 0.582. The van der Waals surface area contributed by atoms with Gasteiger partial charge in [0.1, 0.15) is 5.56 Å². The third-order valence-corrected chi connectivity index (χ3v) is 4.63. The third-order valence-electron chi connectivity index (χ3n) is 3.23. The SMILES string of the molecule is O=C(N[C@@H]1C=CS(=O)(=O)C1)c1ccc(-c2ccoc2)[nH]c1=O. The van der Waals surface area contributed by atoms with Crippen LogP contribution in [0.4, 0.5) is 0 Å². The maximum atomic E-state index is 12.1. The second-order valence-electron chi connectivity index (χ2n) is 4.86. The number of sulfone groups is 1. The van der Waals surface area contributed by atoms with Crippen molar-refractivity contribution in [1.29, 1.82) is 0 Å². The molecule has 1 amide bonds. The second-order valence-corrected chi connectivity index (χ2v) is 6.80. The molecule has 7 nitrogen and oxygen atoms in total. The number of furan rings is 1. The predicted molar refractivity (Wildman–Crippen MR) is 78.9 cm³/mol. The van der Waals surface area contributed by atoms with Gasteiger partial charge in [0.05, 0.1) is 30.0 Å². The van der Waals surface area contributed by atoms with Crippen LogP contribution in [0.3, 0.4) is 0 Å². The molecule has 0 spiro atoms. The van der Waals surface area contributed by atoms with Crippen molar-refractivity contribution < 1.29 is 17.6 Å². The van der Waals surface area contributed by atoms with Crippen LogP contribution < -0.4 is 10.9 Å². The molecule has 1 atom stereocenters. The Labute approximate surface area is 125 Å². The molecule has 3 heterocycles. The number of carbonyl (C=O) groups is 1. The molecule has 0 aromatic carbocycles. The van der Waals surface area contributed by atoms with Gasteiger partial charge >= 0.3 is 0 Å². The molecule has 0 saturated carbocycles. The van der Waals surface area contributed by atoms with Crippen LogP contribution in [-0.4, -0.2) is 31.1 Å². The van der Waals surface area contributed by atoms with Gasteiger partial charge in [-0.2, -0.15) is 0 Å². The summed E-state index contributed by atoms with van der Waals surface area (Å²) in [7, 11) is -3.26. The molecule has 1 aliphatic rings. The molecule has 22 heavy (non-hydrogen) atoms. The number of amides is 1. The van der Waals surface area contributed by atoms with E-state index in [1.807, 2.05) is 0 Å². The van der Waals surface area contributed by atoms with Crippen LogP contribution in [0.15, 0.2) is 51.4 Å². The van der Waals surface area contributed by atoms with E-state index in [1.54, 1.807) is 12.1 Å². The zero-order chi connectivity index (χ0) is 15.7. The minimum absolute atomic E-state index is 0.0788. The monoisotopic (exact) mass is 320 g/mol. The lowest BCUT2D eigenvalue weighted by atomic mass is 10.1. The van der Waals surface area contributed by atoms with E-state index < -0.39 is 27.3 Å². The quantitative estimate of drug-likeness (QED) is 0.864. The molecule has 0 unspecified atom stereocenters. The van der Waals surface area contributed by atoms with E-state index in [2.05, 4.69) is 10.3 Å². The molecule has 0 bridgehead atoms. The summed E-state index contributed by atoms with van der Waals surface area (Å²) < 4.78 is 27.5. The van der Waals surface area contributed by atoms with E-state index in [4.69, 9.17) is 4.42 Å². The Balaban J connectivity index is 1.79. The van der Waals surface area contributed by atoms with Crippen molar-refractivity contribution in [3.05, 3.63) is 58.1 Å². The van der Waals surface area contributed by atoms with Gasteiger partial charge in [-0.1, -0.05) is 0 Å². The first kappa shape index (κ1) is 14.3. The normalized spacial score (nSPS) is 19.2. The summed E-state index contributed by atoms with van der Waals surface area (Å²) in [6.45, 7) is 0. The van der Waals surface area contributed by atoms with Crippen molar-refractivity contribution in [2.45, 2.75) is 6.04 Å². The highest BCUT2D eigenvalue weighted by Gasteiger charge is 2.24. The standard InChI is InChI=1S/C14H12N2O5S/c17-13(15-10-4-6-22(19,20)8-10)11-1-2-12(16-14(11)18)9-3-5-21-7-9/h1-7,10H,8H2,(H,15,17)(H,16,18)/t10-/m1/s1. The van der Waals surface area contributed by atoms with Gasteiger partial charge in [0.15, 0.2) is 9.84 Å². The molecule has 3 rings (SSSR count). The fraction of sp³-hybridized carbons (Fsp3) is 0.143. The van der Waals surface area contributed by atoms with E-state index in [-0.39, 0.29) is 11.3 Å². The van der Waals surface area contributed by atoms with E-state index in [1.165, 1.54) is 24.7 Å². The predicted octanol–water partition coefficient (Wildman–Crippen LogP) is 0.675. The van der Waals surface area contributed by atoms with Gasteiger partial charge in [-0.15, -0.1) is 0 Å². The van der Waals surface area contributed by atoms with E-state index in [0.29, 0.717) is 11.3 Å². The molecule has 2 N–H and O–H groups in total. The highest BCUT2D eigenvalue weighted by Crippen LogP contribution is 2.15. The maximum Gasteiger partial charge on any atom is 0.261 e. The van der Waals surface area contributed by atoms with Crippen LogP contribution in [0.5, 0.6) is 0 Å². The smallest absolute Gasteiger partial charge is 0.261 e. The summed E-state index contributed by atoms with van der Waals surface area (Å²) >= 11 is 0. The number of aromatic nitrogens is 1. The van der Waals surface area contributed by atoms with E-state index in [9.17, 15) is 18.0 Å². The number of carbonyl (C=O) groups excluding carboxylic acids is 1. The van der Waals surface area contributed by atoms with Gasteiger partial charge in [-0.25, -0.2) is 8.42 Å². The van der Waals surface area contributed by atoms with Gasteiger partial charge < -0.3 is 14.7 Å². The molecule has 8 heteroatoms. The Kier molecular flexibility index (Phi) is 3.45. The number of H-pyrrole nitrogens is 1. The van der Waals surface area contributed by atoms with Crippen LogP contribution in [0, 0.1) is 0 Å². The number of hydrogen-bond donors (Lipinski definition) is 2. The maximum absolute atomic E-state index is 12.1. The van der Waals surface area contributed by atoms with E-state index in [0.717, 1.165) is 5.41 Å². The van der Waals surface area contributed by atoms with Crippen LogP contribution >= 0.6 is 0 Å². The fourth-order valence-corrected chi connectivity index (χ4v) is 3.39. The minimum atomic E-state index is -3.26. The fourth-order valence-electron chi connectivity index (χ4n) is 2.15. The molecular weight excluding hydrogens is 308 g/mol. The molecule has 1 aliphatic heterocycles. The summed E-state index contributed by atoms with van der Waals surface area (Å²) in [6, 6.07) is 4.04. The lowest BCUT2D eigenvalue weighted by Crippen LogP contribution is -2.38. The number of nitrogens with one attached hydrogen (secondary N) is 2. The largest absolute Gasteiger partial charge is 0.472 e. The average Bonchev–Trinajstić information content (AvgIpc) is 3.08. The first-order valence-corrected chi connectivity index (χ1v) is 8.14. The van der Waals surface area contributed by atoms with Crippen LogP contribution in [0.1, 0.15) is 10.4 Å². The molecule has 0 radical (unpaired) electrons. The first-order valence-electron chi connectivity index (χ1n) is 6.42. The highest BCUT2D eigenvalue weighted by molar-refractivity contribution is 7.94. The topological polar surface area (TPSA) is 109 Å². The molecule has 0 aliphatic carbocycles. The lowest BCUT2D eigenvalue weighted by molar-refractivity contribution is 0.0946. The first-order chi connectivity index (χ1) is 10.4. The summed E-state index contributed by atoms with van der Waals surface area (Å²) in [5, 5.41) is 3.56. The molecule has 0 fully saturated rings. The second kappa shape index (κ2) is 5.30. The molecular formula is C14H12N2O5S. The number of rotatable bonds is 3. The Morgan fingerprint density at radius 3 is 2.73 bits per heavy atom. The molecule has 2 aromatic heterocycles. The van der Waals surface area contributed by atoms with Crippen molar-refractivity contribution in [3.63, 3.8) is 0 Å². The average molecular weight is 320 g/mol. The molecule has 0 saturated heterocycles. The van der Waals surface area contributed by atoms with Crippen LogP contribution in [0.2, 0.25) is 0 Å². The zero-order valence-corrected chi connectivity index (χ0v) is 12.1. The minimum Gasteiger partial charge on any atom is -0.472 e. The van der Waals surface area contributed by atoms with Gasteiger partial charge in [0.25, 0.3) is 11.5 Å². The van der Waals surface area contributed by atoms with Crippen molar-refractivity contribution in [2.75, 3.05) is 5.75 Å². The summed E-state index contributed by atoms with van der Waals surface area (Å²) in [4.78, 5) is 26.6. The van der Waals surface area contributed by atoms with Crippen LogP contribution in [0.25, 0.3) is 11.3 Å². The Morgan fingerprint density at radius 1 is 1.32 bits per heavy atom. The summed E-state index contributed by atoms with van der Waals surface area (Å²) in [5.74, 6) is -0.809. The summed E-state index contributed by atoms with van der Waals surface area (Å²) in [6.07, 6.45) is 4.33. The zero-order valence-electron chi connectivity index (χ0n) is 11.3. The molecule has 114 valence electrons. The van der Waals surface area contributed by atoms with Crippen molar-refractivity contribution >= 4 is 15.7 Å². The number of pyridine rings is 1.